The highest BCUT2D eigenvalue weighted by Crippen LogP contribution is 2.17. The Balaban J connectivity index is 3.68. The molecule has 0 saturated heterocycles. The molecule has 0 aliphatic heterocycles. The van der Waals surface area contributed by atoms with Crippen LogP contribution in [0.25, 0.3) is 0 Å². The van der Waals surface area contributed by atoms with Crippen LogP contribution in [0.3, 0.4) is 0 Å². The lowest BCUT2D eigenvalue weighted by Gasteiger charge is -2.14. The van der Waals surface area contributed by atoms with Crippen LogP contribution in [0.4, 0.5) is 0 Å². The van der Waals surface area contributed by atoms with Crippen LogP contribution in [-0.2, 0) is 14.3 Å². The second-order valence-electron chi connectivity index (χ2n) is 3.86. The smallest absolute Gasteiger partial charge is 0.306 e. The molecule has 0 aliphatic carbocycles. The molecule has 0 heterocycles. The quantitative estimate of drug-likeness (QED) is 0.362. The highest BCUT2D eigenvalue weighted by Gasteiger charge is 2.21. The molecule has 0 bridgehead atoms. The van der Waals surface area contributed by atoms with E-state index in [2.05, 4.69) is 0 Å². The van der Waals surface area contributed by atoms with E-state index in [4.69, 9.17) is 4.74 Å². The first-order valence-electron chi connectivity index (χ1n) is 4.64. The van der Waals surface area contributed by atoms with Gasteiger partial charge >= 0.3 is 5.97 Å². The first-order chi connectivity index (χ1) is 6.02. The molecule has 0 rings (SSSR count). The molecule has 76 valence electrons. The maximum atomic E-state index is 11.1. The molecule has 0 N–H and O–H groups in total. The third-order valence-corrected chi connectivity index (χ3v) is 1.68. The van der Waals surface area contributed by atoms with Gasteiger partial charge in [0.15, 0.2) is 0 Å². The monoisotopic (exact) mass is 186 g/mol. The summed E-state index contributed by atoms with van der Waals surface area (Å²) in [5.74, 6) is -0.287. The Morgan fingerprint density at radius 1 is 1.46 bits per heavy atom. The van der Waals surface area contributed by atoms with E-state index in [1.54, 1.807) is 13.8 Å². The molecule has 0 radical (unpaired) electrons. The van der Waals surface area contributed by atoms with Crippen molar-refractivity contribution in [2.75, 3.05) is 6.61 Å². The number of carbonyl (C=O) groups is 2. The van der Waals surface area contributed by atoms with Crippen LogP contribution in [0.1, 0.15) is 40.0 Å². The molecule has 0 atom stereocenters. The third kappa shape index (κ3) is 6.31. The summed E-state index contributed by atoms with van der Waals surface area (Å²) in [6.07, 6.45) is 2.84. The third-order valence-electron chi connectivity index (χ3n) is 1.68. The Morgan fingerprint density at radius 2 is 2.08 bits per heavy atom. The zero-order valence-electron chi connectivity index (χ0n) is 8.63. The molecule has 0 fully saturated rings. The van der Waals surface area contributed by atoms with Gasteiger partial charge in [0.1, 0.15) is 6.29 Å². The summed E-state index contributed by atoms with van der Waals surface area (Å²) in [7, 11) is 0. The van der Waals surface area contributed by atoms with Crippen LogP contribution in [0.5, 0.6) is 0 Å². The predicted molar refractivity (Wildman–Crippen MR) is 50.3 cm³/mol. The van der Waals surface area contributed by atoms with Gasteiger partial charge in [-0.1, -0.05) is 27.2 Å². The zero-order chi connectivity index (χ0) is 10.3. The van der Waals surface area contributed by atoms with E-state index in [-0.39, 0.29) is 12.4 Å². The Bertz CT molecular complexity index is 173. The number of unbranched alkanes of at least 4 members (excludes halogenated alkanes) is 1. The van der Waals surface area contributed by atoms with E-state index < -0.39 is 5.41 Å². The summed E-state index contributed by atoms with van der Waals surface area (Å²) in [5, 5.41) is 0. The van der Waals surface area contributed by atoms with E-state index >= 15 is 0 Å². The number of ether oxygens (including phenoxy) is 1. The number of carbonyl (C=O) groups excluding carboxylic acids is 2. The van der Waals surface area contributed by atoms with Crippen molar-refractivity contribution in [3.8, 4) is 0 Å². The van der Waals surface area contributed by atoms with Gasteiger partial charge in [0.25, 0.3) is 0 Å². The standard InChI is InChI=1S/C10H18O3/c1-4-5-6-13-9(12)7-10(2,3)8-11/h8H,4-7H2,1-3H3. The summed E-state index contributed by atoms with van der Waals surface area (Å²) < 4.78 is 4.92. The summed E-state index contributed by atoms with van der Waals surface area (Å²) in [5.41, 5.74) is -0.594. The zero-order valence-corrected chi connectivity index (χ0v) is 8.63. The van der Waals surface area contributed by atoms with Crippen molar-refractivity contribution in [2.24, 2.45) is 5.41 Å². The van der Waals surface area contributed by atoms with E-state index in [1.165, 1.54) is 0 Å². The van der Waals surface area contributed by atoms with Gasteiger partial charge in [0, 0.05) is 5.41 Å². The molecular weight excluding hydrogens is 168 g/mol. The first-order valence-corrected chi connectivity index (χ1v) is 4.64. The van der Waals surface area contributed by atoms with Gasteiger partial charge in [-0.15, -0.1) is 0 Å². The topological polar surface area (TPSA) is 43.4 Å². The van der Waals surface area contributed by atoms with Crippen LogP contribution >= 0.6 is 0 Å². The van der Waals surface area contributed by atoms with Crippen molar-refractivity contribution in [2.45, 2.75) is 40.0 Å². The van der Waals surface area contributed by atoms with Crippen molar-refractivity contribution in [3.05, 3.63) is 0 Å². The molecule has 0 saturated carbocycles. The molecule has 0 unspecified atom stereocenters. The fourth-order valence-electron chi connectivity index (χ4n) is 0.795. The van der Waals surface area contributed by atoms with Gasteiger partial charge in [-0.05, 0) is 6.42 Å². The summed E-state index contributed by atoms with van der Waals surface area (Å²) in [6.45, 7) is 5.94. The summed E-state index contributed by atoms with van der Waals surface area (Å²) in [6, 6.07) is 0. The highest BCUT2D eigenvalue weighted by atomic mass is 16.5. The van der Waals surface area contributed by atoms with E-state index in [0.29, 0.717) is 6.61 Å². The minimum atomic E-state index is -0.594. The van der Waals surface area contributed by atoms with Crippen molar-refractivity contribution in [3.63, 3.8) is 0 Å². The fraction of sp³-hybridized carbons (Fsp3) is 0.800. The van der Waals surface area contributed by atoms with Crippen molar-refractivity contribution >= 4 is 12.3 Å². The number of hydrogen-bond donors (Lipinski definition) is 0. The molecule has 13 heavy (non-hydrogen) atoms. The van der Waals surface area contributed by atoms with Crippen LogP contribution in [0.2, 0.25) is 0 Å². The van der Waals surface area contributed by atoms with Crippen LogP contribution in [0.15, 0.2) is 0 Å². The number of aldehydes is 1. The lowest BCUT2D eigenvalue weighted by molar-refractivity contribution is -0.147. The number of esters is 1. The van der Waals surface area contributed by atoms with Crippen molar-refractivity contribution < 1.29 is 14.3 Å². The molecule has 0 aliphatic rings. The number of hydrogen-bond acceptors (Lipinski definition) is 3. The minimum Gasteiger partial charge on any atom is -0.466 e. The Morgan fingerprint density at radius 3 is 2.54 bits per heavy atom. The largest absolute Gasteiger partial charge is 0.466 e. The summed E-state index contributed by atoms with van der Waals surface area (Å²) >= 11 is 0. The van der Waals surface area contributed by atoms with E-state index in [0.717, 1.165) is 19.1 Å². The molecular formula is C10H18O3. The van der Waals surface area contributed by atoms with Gasteiger partial charge in [0.05, 0.1) is 13.0 Å². The average Bonchev–Trinajstić information content (AvgIpc) is 2.04. The fourth-order valence-corrected chi connectivity index (χ4v) is 0.795. The molecule has 3 nitrogen and oxygen atoms in total. The van der Waals surface area contributed by atoms with Crippen LogP contribution < -0.4 is 0 Å². The molecule has 0 aromatic carbocycles. The predicted octanol–water partition coefficient (Wildman–Crippen LogP) is 1.94. The van der Waals surface area contributed by atoms with Crippen molar-refractivity contribution in [1.82, 2.24) is 0 Å². The Hall–Kier alpha value is -0.860. The van der Waals surface area contributed by atoms with Gasteiger partial charge in [-0.2, -0.15) is 0 Å². The molecule has 0 aromatic rings. The number of rotatable bonds is 6. The SMILES string of the molecule is CCCCOC(=O)CC(C)(C)C=O. The normalized spacial score (nSPS) is 11.0. The summed E-state index contributed by atoms with van der Waals surface area (Å²) in [4.78, 5) is 21.6. The highest BCUT2D eigenvalue weighted by molar-refractivity contribution is 5.75. The maximum Gasteiger partial charge on any atom is 0.306 e. The van der Waals surface area contributed by atoms with Gasteiger partial charge in [0.2, 0.25) is 0 Å². The van der Waals surface area contributed by atoms with E-state index in [1.807, 2.05) is 6.92 Å². The van der Waals surface area contributed by atoms with Gasteiger partial charge < -0.3 is 9.53 Å². The van der Waals surface area contributed by atoms with Gasteiger partial charge in [-0.3, -0.25) is 4.79 Å². The lowest BCUT2D eigenvalue weighted by atomic mass is 9.92. The maximum absolute atomic E-state index is 11.1. The first kappa shape index (κ1) is 12.1. The van der Waals surface area contributed by atoms with Crippen LogP contribution in [-0.4, -0.2) is 18.9 Å². The average molecular weight is 186 g/mol. The molecule has 0 aromatic heterocycles. The Kier molecular flexibility index (Phi) is 5.35. The van der Waals surface area contributed by atoms with Gasteiger partial charge in [-0.25, -0.2) is 0 Å². The second-order valence-corrected chi connectivity index (χ2v) is 3.86. The molecule has 0 spiro atoms. The van der Waals surface area contributed by atoms with Crippen molar-refractivity contribution in [1.29, 1.82) is 0 Å². The minimum absolute atomic E-state index is 0.167. The van der Waals surface area contributed by atoms with Crippen LogP contribution in [0, 0.1) is 5.41 Å². The lowest BCUT2D eigenvalue weighted by Crippen LogP contribution is -2.20. The molecule has 3 heteroatoms. The molecule has 0 amide bonds. The van der Waals surface area contributed by atoms with E-state index in [9.17, 15) is 9.59 Å². The second kappa shape index (κ2) is 5.73. The Labute approximate surface area is 79.5 Å².